The molecule has 0 aliphatic carbocycles. The summed E-state index contributed by atoms with van der Waals surface area (Å²) < 4.78 is 10.8. The van der Waals surface area contributed by atoms with Crippen molar-refractivity contribution >= 4 is 5.96 Å². The van der Waals surface area contributed by atoms with Crippen molar-refractivity contribution in [2.24, 2.45) is 4.99 Å². The Hall–Kier alpha value is -2.47. The van der Waals surface area contributed by atoms with Crippen LogP contribution in [0.3, 0.4) is 0 Å². The summed E-state index contributed by atoms with van der Waals surface area (Å²) in [5, 5.41) is 17.2. The first-order chi connectivity index (χ1) is 12.4. The molecule has 0 radical (unpaired) electrons. The Labute approximate surface area is 155 Å². The number of nitrogens with zero attached hydrogens (tertiary/aromatic N) is 1. The monoisotopic (exact) mass is 359 g/mol. The van der Waals surface area contributed by atoms with Crippen LogP contribution in [0, 0.1) is 13.8 Å². The fourth-order valence-electron chi connectivity index (χ4n) is 2.80. The summed E-state index contributed by atoms with van der Waals surface area (Å²) >= 11 is 0. The molecular weight excluding hydrogens is 330 g/mol. The number of aryl methyl sites for hydroxylation is 2. The van der Waals surface area contributed by atoms with Gasteiger partial charge in [-0.3, -0.25) is 0 Å². The van der Waals surface area contributed by atoms with Gasteiger partial charge < -0.3 is 24.9 Å². The Morgan fingerprint density at radius 1 is 1.27 bits per heavy atom. The minimum absolute atomic E-state index is 0.316. The van der Waals surface area contributed by atoms with Gasteiger partial charge in [0.15, 0.2) is 5.96 Å². The highest BCUT2D eigenvalue weighted by Crippen LogP contribution is 2.26. The molecule has 0 saturated heterocycles. The van der Waals surface area contributed by atoms with Gasteiger partial charge in [0.25, 0.3) is 0 Å². The molecule has 6 heteroatoms. The van der Waals surface area contributed by atoms with Crippen molar-refractivity contribution in [2.45, 2.75) is 39.8 Å². The quantitative estimate of drug-likeness (QED) is 0.523. The van der Waals surface area contributed by atoms with E-state index in [0.717, 1.165) is 34.9 Å². The third kappa shape index (κ3) is 5.26. The van der Waals surface area contributed by atoms with Gasteiger partial charge in [-0.25, -0.2) is 4.99 Å². The molecule has 2 aromatic rings. The van der Waals surface area contributed by atoms with Crippen molar-refractivity contribution < 1.29 is 14.3 Å². The summed E-state index contributed by atoms with van der Waals surface area (Å²) in [4.78, 5) is 4.59. The summed E-state index contributed by atoms with van der Waals surface area (Å²) in [6.07, 6.45) is 0. The van der Waals surface area contributed by atoms with E-state index in [1.54, 1.807) is 14.0 Å². The largest absolute Gasteiger partial charge is 0.497 e. The second-order valence-electron chi connectivity index (χ2n) is 6.50. The third-order valence-electron chi connectivity index (χ3n) is 4.12. The number of rotatable bonds is 7. The van der Waals surface area contributed by atoms with E-state index in [4.69, 9.17) is 9.15 Å². The molecule has 1 aromatic carbocycles. The standard InChI is InChI=1S/C20H29N3O3/c1-6-21-19(22-12-16-8-7-9-17(11-16)25-5)23-13-20(4,24)18-10-14(2)26-15(18)3/h7-11,24H,6,12-13H2,1-5H3,(H2,21,22,23). The van der Waals surface area contributed by atoms with E-state index in [0.29, 0.717) is 19.0 Å². The number of furan rings is 1. The van der Waals surface area contributed by atoms with E-state index >= 15 is 0 Å². The van der Waals surface area contributed by atoms with Gasteiger partial charge in [-0.1, -0.05) is 12.1 Å². The van der Waals surface area contributed by atoms with Crippen molar-refractivity contribution in [2.75, 3.05) is 20.2 Å². The number of benzene rings is 1. The minimum Gasteiger partial charge on any atom is -0.497 e. The van der Waals surface area contributed by atoms with Gasteiger partial charge in [0.2, 0.25) is 0 Å². The second-order valence-corrected chi connectivity index (χ2v) is 6.50. The Morgan fingerprint density at radius 2 is 2.04 bits per heavy atom. The molecule has 0 saturated carbocycles. The predicted octanol–water partition coefficient (Wildman–Crippen LogP) is 2.87. The Balaban J connectivity index is 2.05. The third-order valence-corrected chi connectivity index (χ3v) is 4.12. The van der Waals surface area contributed by atoms with Crippen LogP contribution in [0.5, 0.6) is 5.75 Å². The van der Waals surface area contributed by atoms with E-state index in [9.17, 15) is 5.11 Å². The van der Waals surface area contributed by atoms with Crippen molar-refractivity contribution in [3.8, 4) is 5.75 Å². The number of hydrogen-bond donors (Lipinski definition) is 3. The van der Waals surface area contributed by atoms with E-state index in [-0.39, 0.29) is 0 Å². The SMILES string of the molecule is CCNC(=NCc1cccc(OC)c1)NCC(C)(O)c1cc(C)oc1C. The first-order valence-electron chi connectivity index (χ1n) is 8.80. The van der Waals surface area contributed by atoms with Crippen molar-refractivity contribution in [3.05, 3.63) is 53.0 Å². The van der Waals surface area contributed by atoms with Gasteiger partial charge in [0, 0.05) is 12.1 Å². The van der Waals surface area contributed by atoms with Crippen LogP contribution < -0.4 is 15.4 Å². The maximum absolute atomic E-state index is 10.8. The molecule has 0 amide bonds. The molecule has 6 nitrogen and oxygen atoms in total. The highest BCUT2D eigenvalue weighted by molar-refractivity contribution is 5.79. The fraction of sp³-hybridized carbons (Fsp3) is 0.450. The van der Waals surface area contributed by atoms with Crippen LogP contribution in [0.1, 0.15) is 36.5 Å². The lowest BCUT2D eigenvalue weighted by Gasteiger charge is -2.24. The summed E-state index contributed by atoms with van der Waals surface area (Å²) in [6.45, 7) is 9.07. The molecule has 0 fully saturated rings. The van der Waals surface area contributed by atoms with Gasteiger partial charge >= 0.3 is 0 Å². The van der Waals surface area contributed by atoms with Gasteiger partial charge in [-0.2, -0.15) is 0 Å². The number of hydrogen-bond acceptors (Lipinski definition) is 4. The first-order valence-corrected chi connectivity index (χ1v) is 8.80. The topological polar surface area (TPSA) is 79.0 Å². The van der Waals surface area contributed by atoms with Crippen LogP contribution in [0.2, 0.25) is 0 Å². The van der Waals surface area contributed by atoms with E-state index < -0.39 is 5.60 Å². The number of methoxy groups -OCH3 is 1. The predicted molar refractivity (Wildman–Crippen MR) is 104 cm³/mol. The summed E-state index contributed by atoms with van der Waals surface area (Å²) in [5.74, 6) is 2.97. The number of aliphatic imine (C=N–C) groups is 1. The lowest BCUT2D eigenvalue weighted by atomic mass is 9.96. The molecule has 1 heterocycles. The lowest BCUT2D eigenvalue weighted by molar-refractivity contribution is 0.0601. The number of nitrogens with one attached hydrogen (secondary N) is 2. The molecule has 3 N–H and O–H groups in total. The highest BCUT2D eigenvalue weighted by Gasteiger charge is 2.27. The van der Waals surface area contributed by atoms with E-state index in [1.807, 2.05) is 51.1 Å². The van der Waals surface area contributed by atoms with Gasteiger partial charge in [0.05, 0.1) is 20.2 Å². The second kappa shape index (κ2) is 8.76. The molecule has 2 rings (SSSR count). The molecule has 142 valence electrons. The van der Waals surface area contributed by atoms with Crippen molar-refractivity contribution in [1.82, 2.24) is 10.6 Å². The van der Waals surface area contributed by atoms with Gasteiger partial charge in [-0.15, -0.1) is 0 Å². The summed E-state index contributed by atoms with van der Waals surface area (Å²) in [7, 11) is 1.65. The number of ether oxygens (including phenoxy) is 1. The summed E-state index contributed by atoms with van der Waals surface area (Å²) in [5.41, 5.74) is 0.773. The molecular formula is C20H29N3O3. The zero-order chi connectivity index (χ0) is 19.2. The van der Waals surface area contributed by atoms with Crippen LogP contribution in [-0.2, 0) is 12.1 Å². The molecule has 0 bridgehead atoms. The molecule has 26 heavy (non-hydrogen) atoms. The first kappa shape index (κ1) is 19.8. The molecule has 0 aliphatic rings. The highest BCUT2D eigenvalue weighted by atomic mass is 16.5. The minimum atomic E-state index is -1.06. The van der Waals surface area contributed by atoms with Crippen LogP contribution in [-0.4, -0.2) is 31.3 Å². The van der Waals surface area contributed by atoms with Crippen LogP contribution in [0.15, 0.2) is 39.7 Å². The summed E-state index contributed by atoms with van der Waals surface area (Å²) in [6, 6.07) is 9.68. The zero-order valence-corrected chi connectivity index (χ0v) is 16.2. The number of aliphatic hydroxyl groups is 1. The molecule has 1 aromatic heterocycles. The van der Waals surface area contributed by atoms with E-state index in [2.05, 4.69) is 15.6 Å². The van der Waals surface area contributed by atoms with Crippen LogP contribution >= 0.6 is 0 Å². The average Bonchev–Trinajstić information content (AvgIpc) is 2.97. The Bertz CT molecular complexity index is 751. The average molecular weight is 359 g/mol. The smallest absolute Gasteiger partial charge is 0.191 e. The molecule has 1 atom stereocenters. The van der Waals surface area contributed by atoms with Crippen LogP contribution in [0.4, 0.5) is 0 Å². The van der Waals surface area contributed by atoms with Gasteiger partial charge in [-0.05, 0) is 51.5 Å². The zero-order valence-electron chi connectivity index (χ0n) is 16.2. The maximum Gasteiger partial charge on any atom is 0.191 e. The Morgan fingerprint density at radius 3 is 2.65 bits per heavy atom. The Kier molecular flexibility index (Phi) is 6.69. The van der Waals surface area contributed by atoms with E-state index in [1.165, 1.54) is 0 Å². The normalized spacial score (nSPS) is 14.0. The maximum atomic E-state index is 10.8. The molecule has 1 unspecified atom stereocenters. The molecule has 0 spiro atoms. The van der Waals surface area contributed by atoms with Crippen molar-refractivity contribution in [3.63, 3.8) is 0 Å². The van der Waals surface area contributed by atoms with Crippen molar-refractivity contribution in [1.29, 1.82) is 0 Å². The van der Waals surface area contributed by atoms with Gasteiger partial charge in [0.1, 0.15) is 22.9 Å². The lowest BCUT2D eigenvalue weighted by Crippen LogP contribution is -2.44. The number of guanidine groups is 1. The molecule has 0 aliphatic heterocycles. The van der Waals surface area contributed by atoms with Crippen LogP contribution in [0.25, 0.3) is 0 Å². The fourth-order valence-corrected chi connectivity index (χ4v) is 2.80.